The Morgan fingerprint density at radius 3 is 2.48 bits per heavy atom. The van der Waals surface area contributed by atoms with Crippen LogP contribution in [0, 0.1) is 0 Å². The van der Waals surface area contributed by atoms with E-state index in [1.807, 2.05) is 24.3 Å². The number of carbonyl (C=O) groups excluding carboxylic acids is 1. The molecule has 0 amide bonds. The van der Waals surface area contributed by atoms with E-state index in [9.17, 15) is 4.79 Å². The van der Waals surface area contributed by atoms with Gasteiger partial charge in [0, 0.05) is 12.5 Å². The normalized spacial score (nSPS) is 10.6. The number of rotatable bonds is 7. The maximum Gasteiger partial charge on any atom is 0.171 e. The van der Waals surface area contributed by atoms with E-state index in [2.05, 4.69) is 18.8 Å². The summed E-state index contributed by atoms with van der Waals surface area (Å²) in [4.78, 5) is 17.1. The zero-order chi connectivity index (χ0) is 15.2. The monoisotopic (exact) mass is 303 g/mol. The smallest absolute Gasteiger partial charge is 0.171 e. The quantitative estimate of drug-likeness (QED) is 0.693. The highest BCUT2D eigenvalue weighted by Gasteiger charge is 2.15. The van der Waals surface area contributed by atoms with Gasteiger partial charge in [-0.15, -0.1) is 11.3 Å². The summed E-state index contributed by atoms with van der Waals surface area (Å²) in [5.41, 5.74) is 1.96. The molecule has 21 heavy (non-hydrogen) atoms. The lowest BCUT2D eigenvalue weighted by Gasteiger charge is -2.04. The summed E-state index contributed by atoms with van der Waals surface area (Å²) in [6.07, 6.45) is 2.84. The van der Waals surface area contributed by atoms with E-state index in [0.717, 1.165) is 52.8 Å². The van der Waals surface area contributed by atoms with Gasteiger partial charge in [0.15, 0.2) is 5.78 Å². The number of nitrogens with zero attached hydrogens (tertiary/aromatic N) is 1. The molecule has 0 unspecified atom stereocenters. The molecule has 0 saturated carbocycles. The average Bonchev–Trinajstić information content (AvgIpc) is 2.90. The molecule has 0 aliphatic carbocycles. The molecule has 0 aliphatic heterocycles. The van der Waals surface area contributed by atoms with Crippen molar-refractivity contribution in [3.63, 3.8) is 0 Å². The minimum absolute atomic E-state index is 0.102. The van der Waals surface area contributed by atoms with Gasteiger partial charge in [-0.2, -0.15) is 0 Å². The van der Waals surface area contributed by atoms with Crippen molar-refractivity contribution in [2.75, 3.05) is 6.61 Å². The second-order valence-corrected chi connectivity index (χ2v) is 5.97. The molecular weight excluding hydrogens is 282 g/mol. The fourth-order valence-electron chi connectivity index (χ4n) is 2.07. The van der Waals surface area contributed by atoms with Crippen molar-refractivity contribution in [1.82, 2.24) is 4.98 Å². The number of hydrogen-bond donors (Lipinski definition) is 0. The number of Topliss-reactive ketones (excluding diaryl/α,β-unsaturated/α-hetero) is 1. The first-order valence-electron chi connectivity index (χ1n) is 7.39. The van der Waals surface area contributed by atoms with Gasteiger partial charge in [-0.25, -0.2) is 4.98 Å². The van der Waals surface area contributed by atoms with Crippen molar-refractivity contribution >= 4 is 17.1 Å². The molecule has 0 spiro atoms. The minimum atomic E-state index is 0.102. The highest BCUT2D eigenvalue weighted by molar-refractivity contribution is 7.17. The number of ether oxygens (including phenoxy) is 1. The SMILES string of the molecule is CCCOc1ccc(-c2nc(CCC)c(C(C)=O)s2)cc1. The summed E-state index contributed by atoms with van der Waals surface area (Å²) < 4.78 is 5.58. The van der Waals surface area contributed by atoms with E-state index in [4.69, 9.17) is 4.74 Å². The zero-order valence-electron chi connectivity index (χ0n) is 12.8. The van der Waals surface area contributed by atoms with Crippen molar-refractivity contribution in [2.45, 2.75) is 40.0 Å². The predicted molar refractivity (Wildman–Crippen MR) is 87.3 cm³/mol. The van der Waals surface area contributed by atoms with Crippen molar-refractivity contribution in [3.8, 4) is 16.3 Å². The highest BCUT2D eigenvalue weighted by atomic mass is 32.1. The number of ketones is 1. The standard InChI is InChI=1S/C17H21NO2S/c1-4-6-15-16(12(3)19)21-17(18-15)13-7-9-14(10-8-13)20-11-5-2/h7-10H,4-6,11H2,1-3H3. The van der Waals surface area contributed by atoms with Gasteiger partial charge in [-0.1, -0.05) is 20.3 Å². The molecule has 0 radical (unpaired) electrons. The number of aryl methyl sites for hydroxylation is 1. The van der Waals surface area contributed by atoms with E-state index in [0.29, 0.717) is 0 Å². The molecule has 0 fully saturated rings. The Morgan fingerprint density at radius 2 is 1.90 bits per heavy atom. The molecular formula is C17H21NO2S. The lowest BCUT2D eigenvalue weighted by molar-refractivity contribution is 0.102. The van der Waals surface area contributed by atoms with Crippen LogP contribution >= 0.6 is 11.3 Å². The van der Waals surface area contributed by atoms with Gasteiger partial charge >= 0.3 is 0 Å². The van der Waals surface area contributed by atoms with Crippen LogP contribution in [0.4, 0.5) is 0 Å². The molecule has 3 nitrogen and oxygen atoms in total. The summed E-state index contributed by atoms with van der Waals surface area (Å²) >= 11 is 1.48. The van der Waals surface area contributed by atoms with Crippen LogP contribution in [0.2, 0.25) is 0 Å². The van der Waals surface area contributed by atoms with Crippen LogP contribution in [-0.4, -0.2) is 17.4 Å². The topological polar surface area (TPSA) is 39.2 Å². The molecule has 0 aliphatic rings. The largest absolute Gasteiger partial charge is 0.494 e. The lowest BCUT2D eigenvalue weighted by Crippen LogP contribution is -1.95. The van der Waals surface area contributed by atoms with Gasteiger partial charge in [0.1, 0.15) is 10.8 Å². The molecule has 1 heterocycles. The third-order valence-corrected chi connectivity index (χ3v) is 4.33. The number of hydrogen-bond acceptors (Lipinski definition) is 4. The molecule has 1 aromatic heterocycles. The molecule has 4 heteroatoms. The van der Waals surface area contributed by atoms with E-state index in [1.165, 1.54) is 11.3 Å². The van der Waals surface area contributed by atoms with Crippen molar-refractivity contribution < 1.29 is 9.53 Å². The van der Waals surface area contributed by atoms with Crippen LogP contribution in [-0.2, 0) is 6.42 Å². The number of thiazole rings is 1. The maximum atomic E-state index is 11.7. The van der Waals surface area contributed by atoms with E-state index in [-0.39, 0.29) is 5.78 Å². The Kier molecular flexibility index (Phi) is 5.51. The molecule has 0 atom stereocenters. The Morgan fingerprint density at radius 1 is 1.19 bits per heavy atom. The second-order valence-electron chi connectivity index (χ2n) is 4.97. The summed E-state index contributed by atoms with van der Waals surface area (Å²) in [5, 5.41) is 0.908. The summed E-state index contributed by atoms with van der Waals surface area (Å²) in [5.74, 6) is 0.975. The fraction of sp³-hybridized carbons (Fsp3) is 0.412. The van der Waals surface area contributed by atoms with Crippen LogP contribution in [0.25, 0.3) is 10.6 Å². The van der Waals surface area contributed by atoms with Gasteiger partial charge in [0.25, 0.3) is 0 Å². The summed E-state index contributed by atoms with van der Waals surface area (Å²) in [6.45, 7) is 6.52. The Balaban J connectivity index is 2.25. The van der Waals surface area contributed by atoms with E-state index >= 15 is 0 Å². The number of carbonyl (C=O) groups is 1. The molecule has 1 aromatic carbocycles. The Bertz CT molecular complexity index is 602. The molecule has 2 aromatic rings. The van der Waals surface area contributed by atoms with E-state index in [1.54, 1.807) is 6.92 Å². The van der Waals surface area contributed by atoms with E-state index < -0.39 is 0 Å². The number of aromatic nitrogens is 1. The summed E-state index contributed by atoms with van der Waals surface area (Å²) in [7, 11) is 0. The maximum absolute atomic E-state index is 11.7. The van der Waals surface area contributed by atoms with Crippen LogP contribution in [0.1, 0.15) is 49.0 Å². The van der Waals surface area contributed by atoms with Crippen LogP contribution in [0.3, 0.4) is 0 Å². The molecule has 0 N–H and O–H groups in total. The van der Waals surface area contributed by atoms with Crippen molar-refractivity contribution in [3.05, 3.63) is 34.8 Å². The Hall–Kier alpha value is -1.68. The first-order valence-corrected chi connectivity index (χ1v) is 8.21. The number of benzene rings is 1. The first-order chi connectivity index (χ1) is 10.2. The first kappa shape index (κ1) is 15.7. The van der Waals surface area contributed by atoms with Gasteiger partial charge in [-0.05, 0) is 37.1 Å². The zero-order valence-corrected chi connectivity index (χ0v) is 13.6. The summed E-state index contributed by atoms with van der Waals surface area (Å²) in [6, 6.07) is 7.92. The van der Waals surface area contributed by atoms with Crippen LogP contribution in [0.15, 0.2) is 24.3 Å². The molecule has 112 valence electrons. The van der Waals surface area contributed by atoms with Crippen molar-refractivity contribution in [1.29, 1.82) is 0 Å². The van der Waals surface area contributed by atoms with Crippen molar-refractivity contribution in [2.24, 2.45) is 0 Å². The third kappa shape index (κ3) is 3.91. The van der Waals surface area contributed by atoms with Crippen LogP contribution < -0.4 is 4.74 Å². The lowest BCUT2D eigenvalue weighted by atomic mass is 10.2. The van der Waals surface area contributed by atoms with Gasteiger partial charge in [-0.3, -0.25) is 4.79 Å². The Labute approximate surface area is 130 Å². The van der Waals surface area contributed by atoms with Crippen LogP contribution in [0.5, 0.6) is 5.75 Å². The average molecular weight is 303 g/mol. The molecule has 0 saturated heterocycles. The molecule has 0 bridgehead atoms. The molecule has 2 rings (SSSR count). The highest BCUT2D eigenvalue weighted by Crippen LogP contribution is 2.30. The third-order valence-electron chi connectivity index (χ3n) is 3.08. The second kappa shape index (κ2) is 7.36. The van der Waals surface area contributed by atoms with Gasteiger partial charge in [0.2, 0.25) is 0 Å². The fourth-order valence-corrected chi connectivity index (χ4v) is 3.08. The minimum Gasteiger partial charge on any atom is -0.494 e. The predicted octanol–water partition coefficient (Wildman–Crippen LogP) is 4.75. The van der Waals surface area contributed by atoms with Gasteiger partial charge in [0.05, 0.1) is 17.2 Å². The van der Waals surface area contributed by atoms with Gasteiger partial charge < -0.3 is 4.74 Å².